The summed E-state index contributed by atoms with van der Waals surface area (Å²) in [4.78, 5) is 25.9. The van der Waals surface area contributed by atoms with Gasteiger partial charge < -0.3 is 10.4 Å². The summed E-state index contributed by atoms with van der Waals surface area (Å²) in [5, 5.41) is 20.7. The number of rotatable bonds is 4. The quantitative estimate of drug-likeness (QED) is 0.571. The van der Waals surface area contributed by atoms with Crippen molar-refractivity contribution in [2.45, 2.75) is 18.3 Å². The largest absolute Gasteiger partial charge is 0.416 e. The number of aryl methyl sites for hydroxylation is 1. The molecule has 33 heavy (non-hydrogen) atoms. The molecule has 1 aliphatic rings. The molecule has 174 valence electrons. The van der Waals surface area contributed by atoms with Gasteiger partial charge in [0.2, 0.25) is 0 Å². The number of hydrogen-bond acceptors (Lipinski definition) is 6. The van der Waals surface area contributed by atoms with E-state index >= 15 is 0 Å². The molecule has 0 radical (unpaired) electrons. The predicted molar refractivity (Wildman–Crippen MR) is 112 cm³/mol. The molecule has 1 aliphatic heterocycles. The van der Waals surface area contributed by atoms with Gasteiger partial charge in [0.05, 0.1) is 41.5 Å². The van der Waals surface area contributed by atoms with Crippen molar-refractivity contribution in [3.05, 3.63) is 64.2 Å². The molecule has 0 bridgehead atoms. The van der Waals surface area contributed by atoms with E-state index in [2.05, 4.69) is 15.5 Å². The number of carbonyl (C=O) groups is 1. The van der Waals surface area contributed by atoms with Crippen molar-refractivity contribution in [3.63, 3.8) is 0 Å². The maximum absolute atomic E-state index is 13.0. The summed E-state index contributed by atoms with van der Waals surface area (Å²) in [6, 6.07) is 4.50. The third-order valence-corrected chi connectivity index (χ3v) is 6.55. The van der Waals surface area contributed by atoms with Gasteiger partial charge in [0.1, 0.15) is 11.3 Å². The molecule has 3 atom stereocenters. The number of nitrogens with zero attached hydrogens (tertiary/aromatic N) is 4. The van der Waals surface area contributed by atoms with Crippen LogP contribution in [0.5, 0.6) is 0 Å². The van der Waals surface area contributed by atoms with Crippen molar-refractivity contribution >= 4 is 16.7 Å². The van der Waals surface area contributed by atoms with Gasteiger partial charge in [-0.15, -0.1) is 0 Å². The molecule has 1 unspecified atom stereocenters. The Morgan fingerprint density at radius 3 is 2.48 bits per heavy atom. The van der Waals surface area contributed by atoms with E-state index in [0.29, 0.717) is 0 Å². The van der Waals surface area contributed by atoms with Crippen LogP contribution in [-0.4, -0.2) is 58.4 Å². The van der Waals surface area contributed by atoms with Crippen LogP contribution in [0.3, 0.4) is 0 Å². The highest BCUT2D eigenvalue weighted by atomic mass is 32.2. The first kappa shape index (κ1) is 22.9. The predicted octanol–water partition coefficient (Wildman–Crippen LogP) is 0.873. The summed E-state index contributed by atoms with van der Waals surface area (Å²) >= 11 is 0. The van der Waals surface area contributed by atoms with E-state index in [1.165, 1.54) is 35.3 Å². The number of benzene rings is 1. The lowest BCUT2D eigenvalue weighted by Crippen LogP contribution is -2.44. The lowest BCUT2D eigenvalue weighted by atomic mass is 10.1. The zero-order valence-corrected chi connectivity index (χ0v) is 17.9. The van der Waals surface area contributed by atoms with E-state index in [-0.39, 0.29) is 34.0 Å². The number of aliphatic hydroxyl groups excluding tert-OH is 1. The summed E-state index contributed by atoms with van der Waals surface area (Å²) < 4.78 is 52.8. The number of aliphatic hydroxyl groups is 1. The molecule has 0 aliphatic carbocycles. The molecule has 1 saturated heterocycles. The summed E-state index contributed by atoms with van der Waals surface area (Å²) in [6.45, 7) is 0. The molecule has 3 heterocycles. The van der Waals surface area contributed by atoms with Crippen molar-refractivity contribution in [2.75, 3.05) is 11.5 Å². The Kier molecular flexibility index (Phi) is 5.93. The van der Waals surface area contributed by atoms with Crippen LogP contribution < -0.4 is 10.9 Å². The molecular weight excluding hydrogens is 463 g/mol. The summed E-state index contributed by atoms with van der Waals surface area (Å²) in [5.74, 6) is -0.769. The van der Waals surface area contributed by atoms with Crippen molar-refractivity contribution in [1.82, 2.24) is 24.9 Å². The number of amides is 1. The lowest BCUT2D eigenvalue weighted by molar-refractivity contribution is -0.137. The van der Waals surface area contributed by atoms with Crippen LogP contribution in [0.25, 0.3) is 16.9 Å². The molecule has 9 nitrogen and oxygen atoms in total. The first-order valence-electron chi connectivity index (χ1n) is 9.68. The summed E-state index contributed by atoms with van der Waals surface area (Å²) in [5.41, 5.74) is -1.41. The van der Waals surface area contributed by atoms with Crippen LogP contribution in [-0.2, 0) is 24.0 Å². The molecule has 1 fully saturated rings. The van der Waals surface area contributed by atoms with Crippen molar-refractivity contribution in [2.24, 2.45) is 7.05 Å². The molecule has 1 amide bonds. The average molecular weight is 481 g/mol. The SMILES string of the molecule is Cn1cc(-n2nc(-c3ccc(C(F)(F)F)cc3)cc(C(=O)N[C@@H]3CS(=O)C[C@@H]3O)c2=O)cn1. The molecule has 4 rings (SSSR count). The maximum atomic E-state index is 13.0. The van der Waals surface area contributed by atoms with E-state index in [1.807, 2.05) is 0 Å². The number of alkyl halides is 3. The molecular formula is C20H18F3N5O4S. The summed E-state index contributed by atoms with van der Waals surface area (Å²) in [6.07, 6.45) is -2.72. The second-order valence-electron chi connectivity index (χ2n) is 7.53. The minimum atomic E-state index is -4.52. The molecule has 3 aromatic rings. The van der Waals surface area contributed by atoms with Gasteiger partial charge in [-0.25, -0.2) is 0 Å². The fraction of sp³-hybridized carbons (Fsp3) is 0.300. The highest BCUT2D eigenvalue weighted by Gasteiger charge is 2.33. The zero-order valence-electron chi connectivity index (χ0n) is 17.1. The number of halogens is 3. The average Bonchev–Trinajstić information content (AvgIpc) is 3.32. The van der Waals surface area contributed by atoms with Gasteiger partial charge >= 0.3 is 6.18 Å². The molecule has 2 aromatic heterocycles. The number of carbonyl (C=O) groups excluding carboxylic acids is 1. The lowest BCUT2D eigenvalue weighted by Gasteiger charge is -2.16. The second kappa shape index (κ2) is 8.56. The molecule has 2 N–H and O–H groups in total. The topological polar surface area (TPSA) is 119 Å². The Labute approximate surface area is 187 Å². The van der Waals surface area contributed by atoms with E-state index in [9.17, 15) is 32.1 Å². The molecule has 0 saturated carbocycles. The van der Waals surface area contributed by atoms with Crippen molar-refractivity contribution in [1.29, 1.82) is 0 Å². The number of hydrogen-bond donors (Lipinski definition) is 2. The maximum Gasteiger partial charge on any atom is 0.416 e. The molecule has 1 aromatic carbocycles. The third kappa shape index (κ3) is 4.73. The molecule has 13 heteroatoms. The Balaban J connectivity index is 1.78. The van der Waals surface area contributed by atoms with E-state index in [4.69, 9.17) is 0 Å². The Morgan fingerprint density at radius 1 is 1.24 bits per heavy atom. The van der Waals surface area contributed by atoms with Gasteiger partial charge in [0.15, 0.2) is 0 Å². The highest BCUT2D eigenvalue weighted by Crippen LogP contribution is 2.30. The minimum Gasteiger partial charge on any atom is -0.390 e. The normalized spacial score (nSPS) is 20.7. The first-order valence-corrected chi connectivity index (χ1v) is 11.2. The second-order valence-corrected chi connectivity index (χ2v) is 9.07. The summed E-state index contributed by atoms with van der Waals surface area (Å²) in [7, 11) is 0.315. The van der Waals surface area contributed by atoms with Crippen LogP contribution >= 0.6 is 0 Å². The van der Waals surface area contributed by atoms with Crippen LogP contribution in [0.2, 0.25) is 0 Å². The highest BCUT2D eigenvalue weighted by molar-refractivity contribution is 7.85. The van der Waals surface area contributed by atoms with E-state index < -0.39 is 46.2 Å². The van der Waals surface area contributed by atoms with Gasteiger partial charge in [0.25, 0.3) is 11.5 Å². The minimum absolute atomic E-state index is 0.0119. The van der Waals surface area contributed by atoms with Gasteiger partial charge in [-0.1, -0.05) is 12.1 Å². The smallest absolute Gasteiger partial charge is 0.390 e. The van der Waals surface area contributed by atoms with Crippen molar-refractivity contribution in [3.8, 4) is 16.9 Å². The standard InChI is InChI=1S/C20H18F3N5O4S/c1-27-8-13(7-24-27)28-19(31)14(18(30)25-16-9-33(32)10-17(16)29)6-15(26-28)11-2-4-12(5-3-11)20(21,22)23/h2-8,16-17,29H,9-10H2,1H3,(H,25,30)/t16-,17+,33?/m1/s1. The van der Waals surface area contributed by atoms with Gasteiger partial charge in [0, 0.05) is 29.2 Å². The number of nitrogens with one attached hydrogen (secondary N) is 1. The molecule has 0 spiro atoms. The van der Waals surface area contributed by atoms with Crippen LogP contribution in [0.15, 0.2) is 47.5 Å². The monoisotopic (exact) mass is 481 g/mol. The Morgan fingerprint density at radius 2 is 1.94 bits per heavy atom. The fourth-order valence-electron chi connectivity index (χ4n) is 3.39. The van der Waals surface area contributed by atoms with Gasteiger partial charge in [-0.05, 0) is 18.2 Å². The van der Waals surface area contributed by atoms with Crippen molar-refractivity contribution < 1.29 is 27.3 Å². The van der Waals surface area contributed by atoms with Crippen LogP contribution in [0, 0.1) is 0 Å². The van der Waals surface area contributed by atoms with E-state index in [1.54, 1.807) is 7.05 Å². The number of aromatic nitrogens is 4. The fourth-order valence-corrected chi connectivity index (χ4v) is 4.85. The van der Waals surface area contributed by atoms with Gasteiger partial charge in [-0.3, -0.25) is 18.5 Å². The Hall–Kier alpha value is -3.32. The zero-order chi connectivity index (χ0) is 23.9. The van der Waals surface area contributed by atoms with Crippen LogP contribution in [0.4, 0.5) is 13.2 Å². The van der Waals surface area contributed by atoms with E-state index in [0.717, 1.165) is 16.8 Å². The van der Waals surface area contributed by atoms with Crippen LogP contribution in [0.1, 0.15) is 15.9 Å². The Bertz CT molecular complexity index is 1290. The van der Waals surface area contributed by atoms with Gasteiger partial charge in [-0.2, -0.15) is 28.1 Å². The first-order chi connectivity index (χ1) is 15.5. The third-order valence-electron chi connectivity index (χ3n) is 5.10.